The molecule has 0 amide bonds. The van der Waals surface area contributed by atoms with Crippen LogP contribution in [0.1, 0.15) is 43.9 Å². The van der Waals surface area contributed by atoms with Gasteiger partial charge in [0.2, 0.25) is 12.3 Å². The fraction of sp³-hybridized carbons (Fsp3) is 0.593. The van der Waals surface area contributed by atoms with E-state index in [1.807, 2.05) is 29.9 Å². The van der Waals surface area contributed by atoms with E-state index in [9.17, 15) is 13.9 Å². The van der Waals surface area contributed by atoms with Crippen LogP contribution < -0.4 is 15.6 Å². The molecule has 0 bridgehead atoms. The summed E-state index contributed by atoms with van der Waals surface area (Å²) in [5.74, 6) is -0.113. The van der Waals surface area contributed by atoms with E-state index in [-0.39, 0.29) is 25.1 Å². The summed E-state index contributed by atoms with van der Waals surface area (Å²) in [7, 11) is 3.30. The van der Waals surface area contributed by atoms with Crippen LogP contribution in [-0.4, -0.2) is 85.8 Å². The number of aliphatic imine (C=N–C) groups is 1. The number of β-amino-alcohol motifs (C(OH)–C–C–N with tert-alkyl or cyclic N) is 1. The average Bonchev–Trinajstić information content (AvgIpc) is 3.40. The first-order valence-electron chi connectivity index (χ1n) is 13.3. The van der Waals surface area contributed by atoms with E-state index >= 15 is 4.39 Å². The third-order valence-corrected chi connectivity index (χ3v) is 8.35. The van der Waals surface area contributed by atoms with E-state index in [4.69, 9.17) is 9.73 Å². The number of alkyl halides is 2. The van der Waals surface area contributed by atoms with E-state index in [0.29, 0.717) is 46.4 Å². The van der Waals surface area contributed by atoms with E-state index in [0.717, 1.165) is 19.5 Å². The highest BCUT2D eigenvalue weighted by Gasteiger charge is 2.38. The van der Waals surface area contributed by atoms with Gasteiger partial charge in [-0.15, -0.1) is 0 Å². The van der Waals surface area contributed by atoms with Crippen LogP contribution in [0, 0.1) is 11.7 Å². The number of piperidine rings is 1. The molecule has 11 heteroatoms. The SMILES string of the molecule is COC1=NC(N[C@H]2CCN(CCO)C[C@H]2C)Nn2ccc(-c3cc(F)c4c(c3)[C@H](CC(F)F)C(C)N4C)c21. The maximum Gasteiger partial charge on any atom is 0.239 e. The second kappa shape index (κ2) is 10.8. The van der Waals surface area contributed by atoms with Crippen molar-refractivity contribution in [2.24, 2.45) is 10.9 Å². The zero-order chi connectivity index (χ0) is 27.1. The third-order valence-electron chi connectivity index (χ3n) is 8.35. The topological polar surface area (TPSA) is 77.3 Å². The first kappa shape index (κ1) is 26.8. The van der Waals surface area contributed by atoms with Gasteiger partial charge in [0.05, 0.1) is 19.4 Å². The molecule has 38 heavy (non-hydrogen) atoms. The number of ether oxygens (including phenoxy) is 1. The lowest BCUT2D eigenvalue weighted by atomic mass is 9.90. The first-order chi connectivity index (χ1) is 18.2. The first-order valence-corrected chi connectivity index (χ1v) is 13.3. The zero-order valence-electron chi connectivity index (χ0n) is 22.3. The number of halogens is 3. The van der Waals surface area contributed by atoms with Gasteiger partial charge < -0.3 is 19.6 Å². The Hall–Kier alpha value is -2.76. The Kier molecular flexibility index (Phi) is 7.61. The molecule has 3 N–H and O–H groups in total. The van der Waals surface area contributed by atoms with Gasteiger partial charge in [-0.05, 0) is 55.1 Å². The predicted octanol–water partition coefficient (Wildman–Crippen LogP) is 3.40. The van der Waals surface area contributed by atoms with Crippen LogP contribution in [0.15, 0.2) is 29.4 Å². The molecule has 1 aromatic carbocycles. The van der Waals surface area contributed by atoms with Crippen LogP contribution in [0.4, 0.5) is 18.9 Å². The van der Waals surface area contributed by atoms with E-state index in [1.165, 1.54) is 6.07 Å². The number of rotatable bonds is 7. The van der Waals surface area contributed by atoms with E-state index in [2.05, 4.69) is 22.6 Å². The molecule has 8 nitrogen and oxygen atoms in total. The van der Waals surface area contributed by atoms with Crippen molar-refractivity contribution in [2.45, 2.75) is 57.4 Å². The Labute approximate surface area is 221 Å². The van der Waals surface area contributed by atoms with Crippen molar-refractivity contribution in [1.82, 2.24) is 14.9 Å². The molecule has 5 atom stereocenters. The number of aromatic nitrogens is 1. The number of nitrogens with zero attached hydrogens (tertiary/aromatic N) is 4. The van der Waals surface area contributed by atoms with E-state index < -0.39 is 24.5 Å². The van der Waals surface area contributed by atoms with Crippen molar-refractivity contribution in [1.29, 1.82) is 0 Å². The molecule has 0 saturated carbocycles. The van der Waals surface area contributed by atoms with Gasteiger partial charge in [-0.3, -0.25) is 15.4 Å². The molecule has 208 valence electrons. The Bertz CT molecular complexity index is 1190. The Balaban J connectivity index is 1.41. The molecule has 1 saturated heterocycles. The standard InChI is InChI=1S/C27H37F3N6O2/c1-15-14-35(9-10-37)7-6-22(15)31-27-32-26(38-4)25-18(5-8-36(25)33-27)17-11-20-19(13-23(29)30)16(2)34(3)24(20)21(28)12-17/h5,8,11-12,15-16,19,22-23,27,31,33,37H,6-7,9-10,13-14H2,1-4H3/t15-,16?,19-,22+,27?/m1/s1. The van der Waals surface area contributed by atoms with Crippen molar-refractivity contribution in [3.8, 4) is 11.1 Å². The highest BCUT2D eigenvalue weighted by Crippen LogP contribution is 2.46. The lowest BCUT2D eigenvalue weighted by molar-refractivity contribution is 0.117. The minimum Gasteiger partial charge on any atom is -0.480 e. The molecular weight excluding hydrogens is 497 g/mol. The summed E-state index contributed by atoms with van der Waals surface area (Å²) in [5.41, 5.74) is 6.31. The van der Waals surface area contributed by atoms with Crippen molar-refractivity contribution < 1.29 is 23.0 Å². The largest absolute Gasteiger partial charge is 0.480 e. The number of benzene rings is 1. The maximum atomic E-state index is 15.4. The van der Waals surface area contributed by atoms with Crippen molar-refractivity contribution in [3.63, 3.8) is 0 Å². The summed E-state index contributed by atoms with van der Waals surface area (Å²) < 4.78 is 49.7. The number of aliphatic hydroxyl groups excluding tert-OH is 1. The number of anilines is 1. The average molecular weight is 535 g/mol. The molecule has 0 spiro atoms. The second-order valence-corrected chi connectivity index (χ2v) is 10.7. The molecule has 4 heterocycles. The minimum atomic E-state index is -2.47. The molecule has 3 aliphatic heterocycles. The number of hydrogen-bond acceptors (Lipinski definition) is 7. The molecular formula is C27H37F3N6O2. The summed E-state index contributed by atoms with van der Waals surface area (Å²) >= 11 is 0. The normalized spacial score (nSPS) is 27.2. The van der Waals surface area contributed by atoms with Gasteiger partial charge in [-0.2, -0.15) is 0 Å². The van der Waals surface area contributed by atoms with Crippen LogP contribution in [0.3, 0.4) is 0 Å². The summed E-state index contributed by atoms with van der Waals surface area (Å²) in [6, 6.07) is 5.16. The number of likely N-dealkylation sites (N-methyl/N-ethyl adjacent to an activating group) is 1. The lowest BCUT2D eigenvalue weighted by Gasteiger charge is -2.39. The van der Waals surface area contributed by atoms with Crippen LogP contribution in [0.2, 0.25) is 0 Å². The minimum absolute atomic E-state index is 0.159. The van der Waals surface area contributed by atoms with E-state index in [1.54, 1.807) is 19.1 Å². The van der Waals surface area contributed by atoms with Gasteiger partial charge >= 0.3 is 0 Å². The fourth-order valence-corrected chi connectivity index (χ4v) is 6.26. The molecule has 0 aliphatic carbocycles. The van der Waals surface area contributed by atoms with Crippen LogP contribution in [0.5, 0.6) is 0 Å². The molecule has 5 rings (SSSR count). The smallest absolute Gasteiger partial charge is 0.239 e. The highest BCUT2D eigenvalue weighted by molar-refractivity contribution is 6.00. The predicted molar refractivity (Wildman–Crippen MR) is 142 cm³/mol. The molecule has 1 fully saturated rings. The monoisotopic (exact) mass is 534 g/mol. The number of likely N-dealkylation sites (tertiary alicyclic amines) is 1. The summed E-state index contributed by atoms with van der Waals surface area (Å²) in [5, 5.41) is 12.8. The van der Waals surface area contributed by atoms with Crippen LogP contribution >= 0.6 is 0 Å². The third kappa shape index (κ3) is 4.87. The number of methoxy groups -OCH3 is 1. The Morgan fingerprint density at radius 1 is 1.29 bits per heavy atom. The number of fused-ring (bicyclic) bond motifs is 2. The summed E-state index contributed by atoms with van der Waals surface area (Å²) in [6.45, 7) is 6.68. The van der Waals surface area contributed by atoms with Gasteiger partial charge in [0.1, 0.15) is 11.5 Å². The number of aliphatic hydroxyl groups is 1. The van der Waals surface area contributed by atoms with Gasteiger partial charge in [0, 0.05) is 56.3 Å². The molecule has 3 aliphatic rings. The molecule has 0 radical (unpaired) electrons. The maximum absolute atomic E-state index is 15.4. The van der Waals surface area contributed by atoms with Crippen LogP contribution in [-0.2, 0) is 4.74 Å². The summed E-state index contributed by atoms with van der Waals surface area (Å²) in [4.78, 5) is 8.77. The van der Waals surface area contributed by atoms with Crippen molar-refractivity contribution >= 4 is 11.6 Å². The van der Waals surface area contributed by atoms with Crippen LogP contribution in [0.25, 0.3) is 11.1 Å². The fourth-order valence-electron chi connectivity index (χ4n) is 6.26. The second-order valence-electron chi connectivity index (χ2n) is 10.7. The molecule has 2 aromatic rings. The molecule has 1 aromatic heterocycles. The Morgan fingerprint density at radius 3 is 2.76 bits per heavy atom. The highest BCUT2D eigenvalue weighted by atomic mass is 19.3. The van der Waals surface area contributed by atoms with Gasteiger partial charge in [-0.1, -0.05) is 6.92 Å². The lowest BCUT2D eigenvalue weighted by Crippen LogP contribution is -2.55. The Morgan fingerprint density at radius 2 is 2.08 bits per heavy atom. The van der Waals surface area contributed by atoms with Gasteiger partial charge in [0.15, 0.2) is 6.29 Å². The summed E-state index contributed by atoms with van der Waals surface area (Å²) in [6.07, 6.45) is -0.428. The van der Waals surface area contributed by atoms with Crippen molar-refractivity contribution in [2.75, 3.05) is 50.7 Å². The van der Waals surface area contributed by atoms with Crippen molar-refractivity contribution in [3.05, 3.63) is 41.5 Å². The number of nitrogens with one attached hydrogen (secondary N) is 2. The number of hydrogen-bond donors (Lipinski definition) is 3. The van der Waals surface area contributed by atoms with Gasteiger partial charge in [-0.25, -0.2) is 18.2 Å². The molecule has 2 unspecified atom stereocenters. The van der Waals surface area contributed by atoms with Gasteiger partial charge in [0.25, 0.3) is 0 Å². The quantitative estimate of drug-likeness (QED) is 0.506. The zero-order valence-corrected chi connectivity index (χ0v) is 22.3.